The molecule has 1 fully saturated rings. The lowest BCUT2D eigenvalue weighted by Crippen LogP contribution is -2.21. The number of hydrogen-bond acceptors (Lipinski definition) is 3. The Morgan fingerprint density at radius 2 is 2.20 bits per heavy atom. The monoisotopic (exact) mass is 212 g/mol. The molecule has 2 aliphatic carbocycles. The molecule has 15 heavy (non-hydrogen) atoms. The van der Waals surface area contributed by atoms with Gasteiger partial charge < -0.3 is 14.2 Å². The van der Waals surface area contributed by atoms with Crippen molar-refractivity contribution in [2.45, 2.75) is 25.4 Å². The minimum atomic E-state index is 0.410. The van der Waals surface area contributed by atoms with Crippen molar-refractivity contribution in [3.8, 4) is 0 Å². The van der Waals surface area contributed by atoms with Gasteiger partial charge in [-0.05, 0) is 31.1 Å². The molecule has 0 aliphatic heterocycles. The maximum absolute atomic E-state index is 5.75. The van der Waals surface area contributed by atoms with E-state index >= 15 is 0 Å². The van der Waals surface area contributed by atoms with E-state index in [0.717, 1.165) is 11.8 Å². The zero-order chi connectivity index (χ0) is 10.5. The van der Waals surface area contributed by atoms with E-state index in [0.29, 0.717) is 26.1 Å². The Morgan fingerprint density at radius 3 is 3.07 bits per heavy atom. The largest absolute Gasteiger partial charge is 0.382 e. The number of allylic oxidation sites excluding steroid dienone is 2. The first-order chi connectivity index (χ1) is 7.42. The molecule has 2 aliphatic rings. The van der Waals surface area contributed by atoms with Crippen LogP contribution in [0.25, 0.3) is 0 Å². The van der Waals surface area contributed by atoms with E-state index < -0.39 is 0 Å². The molecule has 3 heteroatoms. The quantitative estimate of drug-likeness (QED) is 0.383. The summed E-state index contributed by atoms with van der Waals surface area (Å²) in [6.07, 6.45) is 8.70. The summed E-state index contributed by atoms with van der Waals surface area (Å²) in [5.74, 6) is 1.49. The van der Waals surface area contributed by atoms with Crippen LogP contribution in [0.15, 0.2) is 12.2 Å². The second-order valence-electron chi connectivity index (χ2n) is 4.29. The van der Waals surface area contributed by atoms with Gasteiger partial charge >= 0.3 is 0 Å². The molecular formula is C12H20O3. The molecular weight excluding hydrogens is 192 g/mol. The molecule has 86 valence electrons. The van der Waals surface area contributed by atoms with Crippen molar-refractivity contribution in [2.75, 3.05) is 27.1 Å². The van der Waals surface area contributed by atoms with Gasteiger partial charge in [0.25, 0.3) is 0 Å². The predicted octanol–water partition coefficient (Wildman–Crippen LogP) is 1.98. The van der Waals surface area contributed by atoms with Crippen molar-refractivity contribution in [2.24, 2.45) is 11.8 Å². The van der Waals surface area contributed by atoms with Crippen LogP contribution in [0.1, 0.15) is 19.3 Å². The first kappa shape index (κ1) is 11.1. The van der Waals surface area contributed by atoms with Crippen molar-refractivity contribution in [1.29, 1.82) is 0 Å². The summed E-state index contributed by atoms with van der Waals surface area (Å²) < 4.78 is 16.0. The van der Waals surface area contributed by atoms with Gasteiger partial charge in [0.2, 0.25) is 0 Å². The highest BCUT2D eigenvalue weighted by molar-refractivity contribution is 5.06. The van der Waals surface area contributed by atoms with Crippen LogP contribution in [0.3, 0.4) is 0 Å². The van der Waals surface area contributed by atoms with Crippen molar-refractivity contribution in [1.82, 2.24) is 0 Å². The molecule has 3 atom stereocenters. The minimum Gasteiger partial charge on any atom is -0.382 e. The lowest BCUT2D eigenvalue weighted by atomic mass is 9.98. The van der Waals surface area contributed by atoms with Gasteiger partial charge in [-0.25, -0.2) is 0 Å². The Hall–Kier alpha value is -0.380. The maximum atomic E-state index is 5.75. The zero-order valence-electron chi connectivity index (χ0n) is 9.35. The lowest BCUT2D eigenvalue weighted by Gasteiger charge is -2.19. The Kier molecular flexibility index (Phi) is 4.18. The summed E-state index contributed by atoms with van der Waals surface area (Å²) in [5, 5.41) is 0. The fraction of sp³-hybridized carbons (Fsp3) is 0.833. The van der Waals surface area contributed by atoms with Crippen LogP contribution in [0.5, 0.6) is 0 Å². The van der Waals surface area contributed by atoms with Gasteiger partial charge in [0, 0.05) is 7.11 Å². The van der Waals surface area contributed by atoms with Gasteiger partial charge in [0.15, 0.2) is 0 Å². The average molecular weight is 212 g/mol. The van der Waals surface area contributed by atoms with Gasteiger partial charge in [0.1, 0.15) is 6.79 Å². The molecule has 0 spiro atoms. The molecule has 2 rings (SSSR count). The molecule has 0 saturated heterocycles. The normalized spacial score (nSPS) is 33.5. The second-order valence-corrected chi connectivity index (χ2v) is 4.29. The topological polar surface area (TPSA) is 27.7 Å². The number of fused-ring (bicyclic) bond motifs is 1. The third-order valence-corrected chi connectivity index (χ3v) is 3.40. The van der Waals surface area contributed by atoms with E-state index in [4.69, 9.17) is 14.2 Å². The van der Waals surface area contributed by atoms with E-state index in [1.54, 1.807) is 7.11 Å². The van der Waals surface area contributed by atoms with E-state index in [9.17, 15) is 0 Å². The number of ether oxygens (including phenoxy) is 3. The van der Waals surface area contributed by atoms with E-state index in [1.165, 1.54) is 19.3 Å². The van der Waals surface area contributed by atoms with Gasteiger partial charge in [-0.1, -0.05) is 12.2 Å². The summed E-state index contributed by atoms with van der Waals surface area (Å²) in [6, 6.07) is 0. The van der Waals surface area contributed by atoms with E-state index in [-0.39, 0.29) is 0 Å². The molecule has 0 aromatic rings. The average Bonchev–Trinajstić information content (AvgIpc) is 2.81. The molecule has 1 saturated carbocycles. The molecule has 0 radical (unpaired) electrons. The zero-order valence-corrected chi connectivity index (χ0v) is 9.35. The summed E-state index contributed by atoms with van der Waals surface area (Å²) in [7, 11) is 1.68. The molecule has 0 amide bonds. The first-order valence-electron chi connectivity index (χ1n) is 5.76. The van der Waals surface area contributed by atoms with Gasteiger partial charge in [-0.3, -0.25) is 0 Å². The predicted molar refractivity (Wildman–Crippen MR) is 57.5 cm³/mol. The molecule has 0 bridgehead atoms. The summed E-state index contributed by atoms with van der Waals surface area (Å²) in [6.45, 7) is 1.68. The Labute approximate surface area is 91.4 Å². The highest BCUT2D eigenvalue weighted by Gasteiger charge is 2.36. The lowest BCUT2D eigenvalue weighted by molar-refractivity contribution is -0.107. The molecule has 0 aromatic carbocycles. The fourth-order valence-corrected chi connectivity index (χ4v) is 2.58. The van der Waals surface area contributed by atoms with Gasteiger partial charge in [0.05, 0.1) is 19.3 Å². The number of rotatable bonds is 6. The van der Waals surface area contributed by atoms with Crippen molar-refractivity contribution >= 4 is 0 Å². The molecule has 3 nitrogen and oxygen atoms in total. The standard InChI is InChI=1S/C12H20O3/c1-13-7-8-14-9-15-12-6-5-10-3-2-4-11(10)12/h2-3,10-12H,4-9H2,1H3/t10-,11-,12-/m0/s1. The SMILES string of the molecule is COCCOCO[C@H]1CC[C@@H]2C=CC[C@H]12. The van der Waals surface area contributed by atoms with Crippen molar-refractivity contribution < 1.29 is 14.2 Å². The van der Waals surface area contributed by atoms with Crippen LogP contribution in [-0.2, 0) is 14.2 Å². The van der Waals surface area contributed by atoms with E-state index in [1.807, 2.05) is 0 Å². The van der Waals surface area contributed by atoms with Crippen LogP contribution in [-0.4, -0.2) is 33.2 Å². The van der Waals surface area contributed by atoms with Crippen LogP contribution in [0.2, 0.25) is 0 Å². The molecule has 0 unspecified atom stereocenters. The number of hydrogen-bond donors (Lipinski definition) is 0. The highest BCUT2D eigenvalue weighted by Crippen LogP contribution is 2.41. The molecule has 0 heterocycles. The fourth-order valence-electron chi connectivity index (χ4n) is 2.58. The van der Waals surface area contributed by atoms with Crippen LogP contribution in [0.4, 0.5) is 0 Å². The van der Waals surface area contributed by atoms with Crippen LogP contribution in [0, 0.1) is 11.8 Å². The molecule has 0 aromatic heterocycles. The Bertz CT molecular complexity index is 215. The third-order valence-electron chi connectivity index (χ3n) is 3.40. The summed E-state index contributed by atoms with van der Waals surface area (Å²) >= 11 is 0. The summed E-state index contributed by atoms with van der Waals surface area (Å²) in [5.41, 5.74) is 0. The summed E-state index contributed by atoms with van der Waals surface area (Å²) in [4.78, 5) is 0. The maximum Gasteiger partial charge on any atom is 0.147 e. The molecule has 0 N–H and O–H groups in total. The third kappa shape index (κ3) is 2.80. The second kappa shape index (κ2) is 5.64. The van der Waals surface area contributed by atoms with Crippen molar-refractivity contribution in [3.05, 3.63) is 12.2 Å². The number of methoxy groups -OCH3 is 1. The van der Waals surface area contributed by atoms with Crippen molar-refractivity contribution in [3.63, 3.8) is 0 Å². The smallest absolute Gasteiger partial charge is 0.147 e. The van der Waals surface area contributed by atoms with Gasteiger partial charge in [-0.2, -0.15) is 0 Å². The minimum absolute atomic E-state index is 0.410. The van der Waals surface area contributed by atoms with Gasteiger partial charge in [-0.15, -0.1) is 0 Å². The highest BCUT2D eigenvalue weighted by atomic mass is 16.7. The van der Waals surface area contributed by atoms with Crippen LogP contribution < -0.4 is 0 Å². The van der Waals surface area contributed by atoms with E-state index in [2.05, 4.69) is 12.2 Å². The Morgan fingerprint density at radius 1 is 1.27 bits per heavy atom. The first-order valence-corrected chi connectivity index (χ1v) is 5.76. The van der Waals surface area contributed by atoms with Crippen LogP contribution >= 0.6 is 0 Å². The Balaban J connectivity index is 1.60.